The first-order chi connectivity index (χ1) is 8.17. The zero-order valence-corrected chi connectivity index (χ0v) is 10.3. The molecule has 2 heterocycles. The Labute approximate surface area is 103 Å². The Hall–Kier alpha value is -1.73. The SMILES string of the molecule is Cc1cc(C)nc(Sc2cc(NN)ncn2)n1. The van der Waals surface area contributed by atoms with Crippen molar-refractivity contribution in [1.82, 2.24) is 19.9 Å². The second kappa shape index (κ2) is 5.07. The second-order valence-electron chi connectivity index (χ2n) is 3.42. The lowest BCUT2D eigenvalue weighted by molar-refractivity contribution is 0.897. The number of hydrogen-bond donors (Lipinski definition) is 2. The van der Waals surface area contributed by atoms with Gasteiger partial charge in [-0.3, -0.25) is 0 Å². The molecule has 0 spiro atoms. The minimum atomic E-state index is 0.562. The van der Waals surface area contributed by atoms with E-state index in [0.717, 1.165) is 16.4 Å². The molecule has 17 heavy (non-hydrogen) atoms. The van der Waals surface area contributed by atoms with Gasteiger partial charge in [-0.05, 0) is 31.7 Å². The summed E-state index contributed by atoms with van der Waals surface area (Å²) in [5, 5.41) is 1.42. The monoisotopic (exact) mass is 248 g/mol. The highest BCUT2D eigenvalue weighted by atomic mass is 32.2. The van der Waals surface area contributed by atoms with Crippen LogP contribution in [-0.4, -0.2) is 19.9 Å². The lowest BCUT2D eigenvalue weighted by atomic mass is 10.4. The van der Waals surface area contributed by atoms with Gasteiger partial charge in [-0.1, -0.05) is 0 Å². The molecule has 0 fully saturated rings. The van der Waals surface area contributed by atoms with Gasteiger partial charge in [0.2, 0.25) is 0 Å². The minimum absolute atomic E-state index is 0.562. The van der Waals surface area contributed by atoms with Crippen molar-refractivity contribution >= 4 is 17.6 Å². The number of aromatic nitrogens is 4. The van der Waals surface area contributed by atoms with E-state index in [4.69, 9.17) is 5.84 Å². The topological polar surface area (TPSA) is 89.6 Å². The van der Waals surface area contributed by atoms with Gasteiger partial charge in [-0.25, -0.2) is 25.8 Å². The molecule has 2 aromatic heterocycles. The molecule has 2 rings (SSSR count). The van der Waals surface area contributed by atoms with Crippen molar-refractivity contribution in [3.05, 3.63) is 29.8 Å². The van der Waals surface area contributed by atoms with E-state index < -0.39 is 0 Å². The van der Waals surface area contributed by atoms with Crippen LogP contribution in [0.4, 0.5) is 5.82 Å². The molecule has 0 saturated heterocycles. The average Bonchev–Trinajstić information content (AvgIpc) is 2.28. The summed E-state index contributed by atoms with van der Waals surface area (Å²) in [7, 11) is 0. The lowest BCUT2D eigenvalue weighted by Gasteiger charge is -2.03. The number of nitrogen functional groups attached to an aromatic ring is 1. The largest absolute Gasteiger partial charge is 0.308 e. The quantitative estimate of drug-likeness (QED) is 0.366. The van der Waals surface area contributed by atoms with Crippen LogP contribution in [0, 0.1) is 13.8 Å². The van der Waals surface area contributed by atoms with Crippen LogP contribution in [0.15, 0.2) is 28.6 Å². The number of aryl methyl sites for hydroxylation is 2. The van der Waals surface area contributed by atoms with Gasteiger partial charge in [-0.2, -0.15) is 0 Å². The van der Waals surface area contributed by atoms with Crippen LogP contribution in [0.3, 0.4) is 0 Å². The van der Waals surface area contributed by atoms with Crippen molar-refractivity contribution in [3.63, 3.8) is 0 Å². The summed E-state index contributed by atoms with van der Waals surface area (Å²) < 4.78 is 0. The molecule has 0 bridgehead atoms. The molecule has 7 heteroatoms. The van der Waals surface area contributed by atoms with Gasteiger partial charge >= 0.3 is 0 Å². The molecule has 0 saturated carbocycles. The fourth-order valence-corrected chi connectivity index (χ4v) is 2.14. The molecule has 2 aromatic rings. The average molecular weight is 248 g/mol. The van der Waals surface area contributed by atoms with Crippen molar-refractivity contribution < 1.29 is 0 Å². The molecule has 88 valence electrons. The van der Waals surface area contributed by atoms with E-state index in [1.807, 2.05) is 19.9 Å². The van der Waals surface area contributed by atoms with E-state index >= 15 is 0 Å². The molecule has 0 amide bonds. The fraction of sp³-hybridized carbons (Fsp3) is 0.200. The van der Waals surface area contributed by atoms with Gasteiger partial charge in [0, 0.05) is 17.5 Å². The maximum absolute atomic E-state index is 5.28. The zero-order valence-electron chi connectivity index (χ0n) is 9.51. The first kappa shape index (κ1) is 11.7. The standard InChI is InChI=1S/C10H12N6S/c1-6-3-7(2)15-10(14-6)17-9-4-8(16-11)12-5-13-9/h3-5H,11H2,1-2H3,(H,12,13,16). The van der Waals surface area contributed by atoms with E-state index in [1.54, 1.807) is 6.07 Å². The highest BCUT2D eigenvalue weighted by molar-refractivity contribution is 7.99. The highest BCUT2D eigenvalue weighted by Gasteiger charge is 2.04. The van der Waals surface area contributed by atoms with Crippen molar-refractivity contribution in [2.45, 2.75) is 24.0 Å². The molecular weight excluding hydrogens is 236 g/mol. The number of hydrogen-bond acceptors (Lipinski definition) is 7. The number of hydrazine groups is 1. The lowest BCUT2D eigenvalue weighted by Crippen LogP contribution is -2.08. The Morgan fingerprint density at radius 2 is 1.82 bits per heavy atom. The predicted octanol–water partition coefficient (Wildman–Crippen LogP) is 1.32. The van der Waals surface area contributed by atoms with E-state index in [1.165, 1.54) is 18.1 Å². The van der Waals surface area contributed by atoms with Crippen LogP contribution in [0.1, 0.15) is 11.4 Å². The van der Waals surface area contributed by atoms with E-state index in [2.05, 4.69) is 25.4 Å². The van der Waals surface area contributed by atoms with Crippen LogP contribution < -0.4 is 11.3 Å². The Morgan fingerprint density at radius 3 is 2.47 bits per heavy atom. The number of nitrogens with two attached hydrogens (primary N) is 1. The summed E-state index contributed by atoms with van der Waals surface area (Å²) in [6.45, 7) is 3.87. The molecule has 0 aliphatic carbocycles. The third kappa shape index (κ3) is 3.11. The Morgan fingerprint density at radius 1 is 1.12 bits per heavy atom. The molecule has 0 aliphatic heterocycles. The van der Waals surface area contributed by atoms with Crippen LogP contribution in [0.5, 0.6) is 0 Å². The van der Waals surface area contributed by atoms with E-state index in [0.29, 0.717) is 11.0 Å². The minimum Gasteiger partial charge on any atom is -0.308 e. The third-order valence-corrected chi connectivity index (χ3v) is 2.75. The molecule has 0 aliphatic rings. The summed E-state index contributed by atoms with van der Waals surface area (Å²) in [5.74, 6) is 5.84. The van der Waals surface area contributed by atoms with Crippen LogP contribution >= 0.6 is 11.8 Å². The third-order valence-electron chi connectivity index (χ3n) is 1.95. The van der Waals surface area contributed by atoms with E-state index in [-0.39, 0.29) is 0 Å². The van der Waals surface area contributed by atoms with Gasteiger partial charge < -0.3 is 5.43 Å². The predicted molar refractivity (Wildman–Crippen MR) is 65.5 cm³/mol. The molecule has 0 atom stereocenters. The smallest absolute Gasteiger partial charge is 0.194 e. The molecule has 0 radical (unpaired) electrons. The summed E-state index contributed by atoms with van der Waals surface area (Å²) in [5.41, 5.74) is 4.34. The molecular formula is C10H12N6S. The number of nitrogens with zero attached hydrogens (tertiary/aromatic N) is 4. The van der Waals surface area contributed by atoms with Crippen molar-refractivity contribution in [2.75, 3.05) is 5.43 Å². The first-order valence-electron chi connectivity index (χ1n) is 4.96. The molecule has 0 aromatic carbocycles. The first-order valence-corrected chi connectivity index (χ1v) is 5.78. The van der Waals surface area contributed by atoms with Crippen LogP contribution in [-0.2, 0) is 0 Å². The fourth-order valence-electron chi connectivity index (χ4n) is 1.31. The molecule has 3 N–H and O–H groups in total. The summed E-state index contributed by atoms with van der Waals surface area (Å²) >= 11 is 1.38. The highest BCUT2D eigenvalue weighted by Crippen LogP contribution is 2.23. The summed E-state index contributed by atoms with van der Waals surface area (Å²) in [6, 6.07) is 3.67. The Balaban J connectivity index is 2.24. The van der Waals surface area contributed by atoms with E-state index in [9.17, 15) is 0 Å². The van der Waals surface area contributed by atoms with Gasteiger partial charge in [0.1, 0.15) is 17.2 Å². The maximum Gasteiger partial charge on any atom is 0.194 e. The maximum atomic E-state index is 5.28. The summed E-state index contributed by atoms with van der Waals surface area (Å²) in [6.07, 6.45) is 1.44. The number of anilines is 1. The van der Waals surface area contributed by atoms with Gasteiger partial charge in [0.25, 0.3) is 0 Å². The molecule has 6 nitrogen and oxygen atoms in total. The number of rotatable bonds is 3. The van der Waals surface area contributed by atoms with Crippen molar-refractivity contribution in [1.29, 1.82) is 0 Å². The van der Waals surface area contributed by atoms with Gasteiger partial charge in [-0.15, -0.1) is 0 Å². The second-order valence-corrected chi connectivity index (χ2v) is 4.41. The van der Waals surface area contributed by atoms with Crippen LogP contribution in [0.2, 0.25) is 0 Å². The zero-order chi connectivity index (χ0) is 12.3. The number of nitrogens with one attached hydrogen (secondary N) is 1. The van der Waals surface area contributed by atoms with Gasteiger partial charge in [0.05, 0.1) is 0 Å². The van der Waals surface area contributed by atoms with Crippen molar-refractivity contribution in [2.24, 2.45) is 5.84 Å². The van der Waals surface area contributed by atoms with Crippen molar-refractivity contribution in [3.8, 4) is 0 Å². The molecule has 0 unspecified atom stereocenters. The van der Waals surface area contributed by atoms with Gasteiger partial charge in [0.15, 0.2) is 5.16 Å². The normalized spacial score (nSPS) is 10.3. The van der Waals surface area contributed by atoms with Crippen LogP contribution in [0.25, 0.3) is 0 Å². The Bertz CT molecular complexity index is 510. The summed E-state index contributed by atoms with van der Waals surface area (Å²) in [4.78, 5) is 16.7. The Kier molecular flexibility index (Phi) is 3.50.